The molecule has 1 aromatic heterocycles. The molecule has 0 unspecified atom stereocenters. The maximum absolute atomic E-state index is 12.0. The van der Waals surface area contributed by atoms with Crippen LogP contribution in [0.5, 0.6) is 0 Å². The summed E-state index contributed by atoms with van der Waals surface area (Å²) in [4.78, 5) is 18.7. The van der Waals surface area contributed by atoms with E-state index in [1.54, 1.807) is 11.3 Å². The number of amides is 2. The molecule has 0 aliphatic carbocycles. The number of hydrogen-bond acceptors (Lipinski definition) is 4. The van der Waals surface area contributed by atoms with E-state index in [0.29, 0.717) is 13.0 Å². The van der Waals surface area contributed by atoms with Gasteiger partial charge < -0.3 is 15.5 Å². The van der Waals surface area contributed by atoms with E-state index in [1.165, 1.54) is 5.56 Å². The van der Waals surface area contributed by atoms with E-state index < -0.39 is 0 Å². The van der Waals surface area contributed by atoms with E-state index >= 15 is 0 Å². The Kier molecular flexibility index (Phi) is 6.08. The second kappa shape index (κ2) is 8.68. The summed E-state index contributed by atoms with van der Waals surface area (Å²) in [6.07, 6.45) is 0.704. The van der Waals surface area contributed by atoms with Crippen LogP contribution in [0.4, 0.5) is 16.2 Å². The summed E-state index contributed by atoms with van der Waals surface area (Å²) in [5, 5.41) is 8.78. The molecule has 3 aromatic rings. The summed E-state index contributed by atoms with van der Waals surface area (Å²) >= 11 is 1.63. The molecule has 0 saturated heterocycles. The summed E-state index contributed by atoms with van der Waals surface area (Å²) in [5.74, 6) is 0. The van der Waals surface area contributed by atoms with Crippen molar-refractivity contribution in [2.24, 2.45) is 0 Å². The van der Waals surface area contributed by atoms with E-state index in [-0.39, 0.29) is 6.03 Å². The molecule has 0 atom stereocenters. The van der Waals surface area contributed by atoms with Gasteiger partial charge in [0.1, 0.15) is 5.01 Å². The van der Waals surface area contributed by atoms with Gasteiger partial charge in [-0.05, 0) is 31.2 Å². The van der Waals surface area contributed by atoms with Crippen molar-refractivity contribution in [3.05, 3.63) is 65.2 Å². The number of rotatable bonds is 6. The van der Waals surface area contributed by atoms with Crippen LogP contribution in [0.2, 0.25) is 0 Å². The van der Waals surface area contributed by atoms with Gasteiger partial charge in [0, 0.05) is 49.4 Å². The van der Waals surface area contributed by atoms with Gasteiger partial charge in [-0.3, -0.25) is 0 Å². The number of nitrogens with one attached hydrogen (secondary N) is 2. The molecule has 3 rings (SSSR count). The molecule has 0 saturated carbocycles. The standard InChI is InChI=1S/C21H24N4OS/c1-15-4-6-16(7-5-15)20-23-18(14-27-20)12-13-22-21(26)24-17-8-10-19(11-9-17)25(2)3/h4-11,14H,12-13H2,1-3H3,(H2,22,24,26). The monoisotopic (exact) mass is 380 g/mol. The van der Waals surface area contributed by atoms with Crippen molar-refractivity contribution in [2.45, 2.75) is 13.3 Å². The molecule has 140 valence electrons. The first-order valence-corrected chi connectivity index (χ1v) is 9.73. The van der Waals surface area contributed by atoms with Gasteiger partial charge in [-0.2, -0.15) is 0 Å². The van der Waals surface area contributed by atoms with Gasteiger partial charge in [-0.25, -0.2) is 9.78 Å². The molecule has 0 fully saturated rings. The Hall–Kier alpha value is -2.86. The number of urea groups is 1. The van der Waals surface area contributed by atoms with Gasteiger partial charge in [0.15, 0.2) is 0 Å². The van der Waals surface area contributed by atoms with Crippen LogP contribution in [-0.2, 0) is 6.42 Å². The van der Waals surface area contributed by atoms with Crippen molar-refractivity contribution in [1.82, 2.24) is 10.3 Å². The second-order valence-corrected chi connectivity index (χ2v) is 7.44. The first-order valence-electron chi connectivity index (χ1n) is 8.85. The van der Waals surface area contributed by atoms with Crippen molar-refractivity contribution < 1.29 is 4.79 Å². The number of aromatic nitrogens is 1. The highest BCUT2D eigenvalue weighted by molar-refractivity contribution is 7.13. The van der Waals surface area contributed by atoms with Crippen molar-refractivity contribution in [3.63, 3.8) is 0 Å². The highest BCUT2D eigenvalue weighted by Gasteiger charge is 2.06. The molecule has 0 aliphatic rings. The molecule has 2 aromatic carbocycles. The first-order chi connectivity index (χ1) is 13.0. The Morgan fingerprint density at radius 2 is 1.78 bits per heavy atom. The molecule has 0 spiro atoms. The number of carbonyl (C=O) groups excluding carboxylic acids is 1. The molecule has 27 heavy (non-hydrogen) atoms. The van der Waals surface area contributed by atoms with Gasteiger partial charge in [0.05, 0.1) is 5.69 Å². The van der Waals surface area contributed by atoms with E-state index in [2.05, 4.69) is 52.2 Å². The van der Waals surface area contributed by atoms with Crippen LogP contribution < -0.4 is 15.5 Å². The zero-order valence-corrected chi connectivity index (χ0v) is 16.6. The van der Waals surface area contributed by atoms with Gasteiger partial charge in [0.2, 0.25) is 0 Å². The van der Waals surface area contributed by atoms with Crippen LogP contribution in [0.3, 0.4) is 0 Å². The molecule has 0 radical (unpaired) electrons. The lowest BCUT2D eigenvalue weighted by Gasteiger charge is -2.13. The smallest absolute Gasteiger partial charge is 0.319 e. The van der Waals surface area contributed by atoms with Gasteiger partial charge in [0.25, 0.3) is 0 Å². The molecular formula is C21H24N4OS. The molecule has 6 heteroatoms. The number of thiazole rings is 1. The van der Waals surface area contributed by atoms with Crippen LogP contribution in [0, 0.1) is 6.92 Å². The van der Waals surface area contributed by atoms with Gasteiger partial charge >= 0.3 is 6.03 Å². The van der Waals surface area contributed by atoms with Gasteiger partial charge in [-0.15, -0.1) is 11.3 Å². The highest BCUT2D eigenvalue weighted by Crippen LogP contribution is 2.24. The van der Waals surface area contributed by atoms with Crippen LogP contribution in [0.1, 0.15) is 11.3 Å². The zero-order chi connectivity index (χ0) is 19.2. The first kappa shape index (κ1) is 18.9. The third-order valence-corrected chi connectivity index (χ3v) is 5.10. The number of hydrogen-bond donors (Lipinski definition) is 2. The van der Waals surface area contributed by atoms with Crippen LogP contribution >= 0.6 is 11.3 Å². The summed E-state index contributed by atoms with van der Waals surface area (Å²) < 4.78 is 0. The summed E-state index contributed by atoms with van der Waals surface area (Å²) in [7, 11) is 3.97. The van der Waals surface area contributed by atoms with Crippen molar-refractivity contribution >= 4 is 28.7 Å². The number of carbonyl (C=O) groups is 1. The molecular weight excluding hydrogens is 356 g/mol. The summed E-state index contributed by atoms with van der Waals surface area (Å²) in [6.45, 7) is 2.61. The van der Waals surface area contributed by atoms with Crippen LogP contribution in [0.25, 0.3) is 10.6 Å². The minimum Gasteiger partial charge on any atom is -0.378 e. The average Bonchev–Trinajstić information content (AvgIpc) is 3.11. The molecule has 0 aliphatic heterocycles. The predicted molar refractivity (Wildman–Crippen MR) is 114 cm³/mol. The predicted octanol–water partition coefficient (Wildman–Crippen LogP) is 4.55. The average molecular weight is 381 g/mol. The number of anilines is 2. The Morgan fingerprint density at radius 1 is 1.07 bits per heavy atom. The van der Waals surface area contributed by atoms with Crippen molar-refractivity contribution in [2.75, 3.05) is 30.9 Å². The fourth-order valence-corrected chi connectivity index (χ4v) is 3.43. The van der Waals surface area contributed by atoms with Crippen molar-refractivity contribution in [3.8, 4) is 10.6 Å². The quantitative estimate of drug-likeness (QED) is 0.660. The Bertz CT molecular complexity index is 885. The maximum Gasteiger partial charge on any atom is 0.319 e. The largest absolute Gasteiger partial charge is 0.378 e. The molecule has 5 nitrogen and oxygen atoms in total. The molecule has 2 amide bonds. The van der Waals surface area contributed by atoms with E-state index in [9.17, 15) is 4.79 Å². The fraction of sp³-hybridized carbons (Fsp3) is 0.238. The third-order valence-electron chi connectivity index (χ3n) is 4.16. The molecule has 2 N–H and O–H groups in total. The van der Waals surface area contributed by atoms with E-state index in [4.69, 9.17) is 0 Å². The van der Waals surface area contributed by atoms with Crippen molar-refractivity contribution in [1.29, 1.82) is 0 Å². The third kappa shape index (κ3) is 5.31. The lowest BCUT2D eigenvalue weighted by Crippen LogP contribution is -2.30. The van der Waals surface area contributed by atoms with E-state index in [1.807, 2.05) is 43.3 Å². The zero-order valence-electron chi connectivity index (χ0n) is 15.8. The summed E-state index contributed by atoms with van der Waals surface area (Å²) in [5.41, 5.74) is 5.22. The van der Waals surface area contributed by atoms with Crippen LogP contribution in [-0.4, -0.2) is 31.7 Å². The minimum atomic E-state index is -0.207. The second-order valence-electron chi connectivity index (χ2n) is 6.58. The van der Waals surface area contributed by atoms with Crippen LogP contribution in [0.15, 0.2) is 53.9 Å². The Labute approximate surface area is 164 Å². The number of aryl methyl sites for hydroxylation is 1. The maximum atomic E-state index is 12.0. The lowest BCUT2D eigenvalue weighted by molar-refractivity contribution is 0.252. The van der Waals surface area contributed by atoms with Gasteiger partial charge in [-0.1, -0.05) is 29.8 Å². The number of nitrogens with zero attached hydrogens (tertiary/aromatic N) is 2. The minimum absolute atomic E-state index is 0.207. The SMILES string of the molecule is Cc1ccc(-c2nc(CCNC(=O)Nc3ccc(N(C)C)cc3)cs2)cc1. The summed E-state index contributed by atoms with van der Waals surface area (Å²) in [6, 6.07) is 15.9. The highest BCUT2D eigenvalue weighted by atomic mass is 32.1. The topological polar surface area (TPSA) is 57.3 Å². The fourth-order valence-electron chi connectivity index (χ4n) is 2.57. The Morgan fingerprint density at radius 3 is 2.44 bits per heavy atom. The normalized spacial score (nSPS) is 10.5. The van der Waals surface area contributed by atoms with E-state index in [0.717, 1.165) is 27.6 Å². The Balaban J connectivity index is 1.47. The lowest BCUT2D eigenvalue weighted by atomic mass is 10.2. The molecule has 1 heterocycles. The molecule has 0 bridgehead atoms. The number of benzene rings is 2.